The number of nitriles is 1. The van der Waals surface area contributed by atoms with Gasteiger partial charge in [-0.25, -0.2) is 4.98 Å². The Hall–Kier alpha value is -7.62. The molecule has 250 valence electrons. The number of para-hydroxylation sites is 4. The maximum absolute atomic E-state index is 10.5. The fourth-order valence-corrected chi connectivity index (χ4v) is 8.79. The number of fused-ring (bicyclic) bond motifs is 14. The minimum atomic E-state index is 0.584. The third-order valence-corrected chi connectivity index (χ3v) is 11.0. The van der Waals surface area contributed by atoms with Crippen molar-refractivity contribution < 1.29 is 8.83 Å². The Labute approximate surface area is 306 Å². The van der Waals surface area contributed by atoms with Gasteiger partial charge in [0.2, 0.25) is 0 Å². The van der Waals surface area contributed by atoms with E-state index in [0.717, 1.165) is 110 Å². The molecule has 0 spiro atoms. The van der Waals surface area contributed by atoms with E-state index in [-0.39, 0.29) is 0 Å². The van der Waals surface area contributed by atoms with Gasteiger partial charge in [-0.3, -0.25) is 4.57 Å². The normalized spacial score (nSPS) is 12.1. The molecule has 0 saturated carbocycles. The molecule has 0 aliphatic heterocycles. The number of nitrogens with zero attached hydrogens (tertiary/aromatic N) is 4. The molecule has 0 amide bonds. The smallest absolute Gasteiger partial charge is 0.138 e. The minimum absolute atomic E-state index is 0.584. The molecule has 0 bridgehead atoms. The van der Waals surface area contributed by atoms with E-state index in [1.807, 2.05) is 54.7 Å². The van der Waals surface area contributed by atoms with Gasteiger partial charge in [0.05, 0.1) is 56.4 Å². The van der Waals surface area contributed by atoms with Crippen LogP contribution in [0.15, 0.2) is 167 Å². The van der Waals surface area contributed by atoms with Crippen LogP contribution < -0.4 is 0 Å². The molecule has 6 heteroatoms. The van der Waals surface area contributed by atoms with Crippen LogP contribution in [0.4, 0.5) is 0 Å². The van der Waals surface area contributed by atoms with Gasteiger partial charge in [-0.05, 0) is 60.7 Å². The third kappa shape index (κ3) is 3.79. The standard InChI is InChI=1S/C48H26N4O2/c49-26-28-11-1-2-12-29(28)36-25-44(52-38-18-8-4-14-31(38)33-22-24-43-46(48(33)52)35-16-6-10-20-41(35)54-43)50-27-39(36)51-37-17-7-3-13-30(37)32-21-23-42-45(47(32)51)34-15-5-9-19-40(34)53-42/h1-25,27H. The zero-order chi connectivity index (χ0) is 35.5. The molecule has 0 aliphatic carbocycles. The topological polar surface area (TPSA) is 72.8 Å². The summed E-state index contributed by atoms with van der Waals surface area (Å²) >= 11 is 0. The molecule has 5 heterocycles. The summed E-state index contributed by atoms with van der Waals surface area (Å²) in [5.74, 6) is 0.741. The SMILES string of the molecule is N#Cc1ccccc1-c1cc(-n2c3ccccc3c3ccc4oc5ccccc5c4c32)ncc1-n1c2ccccc2c2ccc3oc4ccccc4c3c21. The van der Waals surface area contributed by atoms with Crippen molar-refractivity contribution in [1.29, 1.82) is 5.26 Å². The van der Waals surface area contributed by atoms with Gasteiger partial charge < -0.3 is 13.4 Å². The van der Waals surface area contributed by atoms with E-state index in [1.54, 1.807) is 0 Å². The van der Waals surface area contributed by atoms with E-state index in [9.17, 15) is 5.26 Å². The Morgan fingerprint density at radius 3 is 1.61 bits per heavy atom. The highest BCUT2D eigenvalue weighted by molar-refractivity contribution is 6.26. The average Bonchev–Trinajstić information content (AvgIpc) is 3.98. The second kappa shape index (κ2) is 10.7. The number of benzene rings is 7. The molecule has 6 nitrogen and oxygen atoms in total. The van der Waals surface area contributed by atoms with Gasteiger partial charge in [0.15, 0.2) is 0 Å². The summed E-state index contributed by atoms with van der Waals surface area (Å²) in [6.07, 6.45) is 1.97. The molecule has 0 unspecified atom stereocenters. The molecule has 0 atom stereocenters. The maximum atomic E-state index is 10.5. The van der Waals surface area contributed by atoms with Crippen LogP contribution in [0.5, 0.6) is 0 Å². The second-order valence-electron chi connectivity index (χ2n) is 13.8. The van der Waals surface area contributed by atoms with E-state index >= 15 is 0 Å². The lowest BCUT2D eigenvalue weighted by atomic mass is 9.99. The van der Waals surface area contributed by atoms with Crippen molar-refractivity contribution in [1.82, 2.24) is 14.1 Å². The Morgan fingerprint density at radius 1 is 0.463 bits per heavy atom. The molecule has 7 aromatic carbocycles. The van der Waals surface area contributed by atoms with Crippen LogP contribution >= 0.6 is 0 Å². The van der Waals surface area contributed by atoms with Crippen LogP contribution in [-0.4, -0.2) is 14.1 Å². The third-order valence-electron chi connectivity index (χ3n) is 11.0. The minimum Gasteiger partial charge on any atom is -0.456 e. The molecular weight excluding hydrogens is 665 g/mol. The zero-order valence-corrected chi connectivity index (χ0v) is 28.6. The summed E-state index contributed by atoms with van der Waals surface area (Å²) < 4.78 is 17.4. The summed E-state index contributed by atoms with van der Waals surface area (Å²) in [6, 6.07) is 54.3. The van der Waals surface area contributed by atoms with Crippen LogP contribution in [0.3, 0.4) is 0 Å². The number of hydrogen-bond acceptors (Lipinski definition) is 4. The summed E-state index contributed by atoms with van der Waals surface area (Å²) in [7, 11) is 0. The Kier molecular flexibility index (Phi) is 5.75. The van der Waals surface area contributed by atoms with E-state index in [0.29, 0.717) is 5.56 Å². The predicted molar refractivity (Wildman–Crippen MR) is 218 cm³/mol. The van der Waals surface area contributed by atoms with Gasteiger partial charge in [-0.2, -0.15) is 5.26 Å². The fraction of sp³-hybridized carbons (Fsp3) is 0. The molecule has 12 aromatic rings. The maximum Gasteiger partial charge on any atom is 0.138 e. The highest BCUT2D eigenvalue weighted by Gasteiger charge is 2.24. The highest BCUT2D eigenvalue weighted by Crippen LogP contribution is 2.45. The average molecular weight is 691 g/mol. The number of aromatic nitrogens is 3. The highest BCUT2D eigenvalue weighted by atomic mass is 16.3. The van der Waals surface area contributed by atoms with Crippen molar-refractivity contribution in [2.24, 2.45) is 0 Å². The Balaban J connectivity index is 1.25. The van der Waals surface area contributed by atoms with Crippen molar-refractivity contribution >= 4 is 87.5 Å². The van der Waals surface area contributed by atoms with Gasteiger partial charge in [0.25, 0.3) is 0 Å². The number of rotatable bonds is 3. The summed E-state index contributed by atoms with van der Waals surface area (Å²) in [5, 5.41) is 19.2. The number of hydrogen-bond donors (Lipinski definition) is 0. The molecule has 0 saturated heterocycles. The van der Waals surface area contributed by atoms with Crippen LogP contribution in [0.25, 0.3) is 110 Å². The lowest BCUT2D eigenvalue weighted by molar-refractivity contribution is 0.669. The molecular formula is C48H26N4O2. The first kappa shape index (κ1) is 29.0. The van der Waals surface area contributed by atoms with Gasteiger partial charge >= 0.3 is 0 Å². The number of furan rings is 2. The fourth-order valence-electron chi connectivity index (χ4n) is 8.79. The summed E-state index contributed by atoms with van der Waals surface area (Å²) in [6.45, 7) is 0. The molecule has 54 heavy (non-hydrogen) atoms. The summed E-state index contributed by atoms with van der Waals surface area (Å²) in [5.41, 5.74) is 10.6. The predicted octanol–water partition coefficient (Wildman–Crippen LogP) is 12.6. The lowest BCUT2D eigenvalue weighted by Crippen LogP contribution is -2.04. The van der Waals surface area contributed by atoms with E-state index in [4.69, 9.17) is 13.8 Å². The van der Waals surface area contributed by atoms with Gasteiger partial charge in [-0.15, -0.1) is 0 Å². The van der Waals surface area contributed by atoms with Crippen LogP contribution in [0.1, 0.15) is 5.56 Å². The van der Waals surface area contributed by atoms with Crippen molar-refractivity contribution in [2.75, 3.05) is 0 Å². The van der Waals surface area contributed by atoms with E-state index < -0.39 is 0 Å². The van der Waals surface area contributed by atoms with Crippen LogP contribution in [-0.2, 0) is 0 Å². The first-order valence-electron chi connectivity index (χ1n) is 17.9. The van der Waals surface area contributed by atoms with Gasteiger partial charge in [-0.1, -0.05) is 91.0 Å². The molecule has 5 aromatic heterocycles. The van der Waals surface area contributed by atoms with Crippen LogP contribution in [0, 0.1) is 11.3 Å². The zero-order valence-electron chi connectivity index (χ0n) is 28.6. The van der Waals surface area contributed by atoms with Crippen LogP contribution in [0.2, 0.25) is 0 Å². The van der Waals surface area contributed by atoms with Crippen molar-refractivity contribution in [3.63, 3.8) is 0 Å². The van der Waals surface area contributed by atoms with E-state index in [2.05, 4.69) is 118 Å². The molecule has 0 N–H and O–H groups in total. The Morgan fingerprint density at radius 2 is 0.981 bits per heavy atom. The lowest BCUT2D eigenvalue weighted by Gasteiger charge is -2.17. The first-order chi connectivity index (χ1) is 26.8. The largest absolute Gasteiger partial charge is 0.456 e. The van der Waals surface area contributed by atoms with Crippen molar-refractivity contribution in [3.05, 3.63) is 163 Å². The van der Waals surface area contributed by atoms with E-state index in [1.165, 1.54) is 0 Å². The first-order valence-corrected chi connectivity index (χ1v) is 17.9. The molecule has 0 fully saturated rings. The molecule has 0 radical (unpaired) electrons. The molecule has 0 aliphatic rings. The quantitative estimate of drug-likeness (QED) is 0.185. The van der Waals surface area contributed by atoms with Crippen molar-refractivity contribution in [3.8, 4) is 28.7 Å². The molecule has 12 rings (SSSR count). The summed E-state index contributed by atoms with van der Waals surface area (Å²) in [4.78, 5) is 5.34. The Bertz CT molecular complexity index is 3590. The van der Waals surface area contributed by atoms with Gasteiger partial charge in [0, 0.05) is 43.4 Å². The number of pyridine rings is 1. The van der Waals surface area contributed by atoms with Gasteiger partial charge in [0.1, 0.15) is 28.1 Å². The van der Waals surface area contributed by atoms with Crippen molar-refractivity contribution in [2.45, 2.75) is 0 Å². The second-order valence-corrected chi connectivity index (χ2v) is 13.8. The monoisotopic (exact) mass is 690 g/mol.